The summed E-state index contributed by atoms with van der Waals surface area (Å²) in [7, 11) is -2.20. The first kappa shape index (κ1) is 39.6. The zero-order valence-electron chi connectivity index (χ0n) is 32.5. The second-order valence-corrected chi connectivity index (χ2v) is 19.0. The van der Waals surface area contributed by atoms with Crippen LogP contribution in [0.25, 0.3) is 0 Å². The summed E-state index contributed by atoms with van der Waals surface area (Å²) >= 11 is 6.51. The number of fused-ring (bicyclic) bond motifs is 4. The maximum Gasteiger partial charge on any atom is 0.264 e. The van der Waals surface area contributed by atoms with E-state index in [2.05, 4.69) is 50.6 Å². The predicted molar refractivity (Wildman–Crippen MR) is 214 cm³/mol. The summed E-state index contributed by atoms with van der Waals surface area (Å²) in [5.41, 5.74) is 2.90. The van der Waals surface area contributed by atoms with Gasteiger partial charge in [0.15, 0.2) is 0 Å². The van der Waals surface area contributed by atoms with E-state index < -0.39 is 26.8 Å². The molecule has 0 aromatic heterocycles. The van der Waals surface area contributed by atoms with Crippen molar-refractivity contribution < 1.29 is 27.4 Å². The molecule has 2 aliphatic carbocycles. The van der Waals surface area contributed by atoms with Crippen LogP contribution in [0.3, 0.4) is 0 Å². The molecule has 3 heterocycles. The fraction of sp³-hybridized carbons (Fsp3) is 0.643. The fourth-order valence-electron chi connectivity index (χ4n) is 9.73. The number of benzene rings is 2. The number of rotatable bonds is 7. The molecule has 296 valence electrons. The number of carbonyl (C=O) groups excluding carboxylic acids is 1. The Morgan fingerprint density at radius 2 is 1.85 bits per heavy atom. The van der Waals surface area contributed by atoms with Crippen LogP contribution in [0.2, 0.25) is 5.02 Å². The lowest BCUT2D eigenvalue weighted by Gasteiger charge is -2.52. The van der Waals surface area contributed by atoms with Gasteiger partial charge in [-0.05, 0) is 112 Å². The van der Waals surface area contributed by atoms with Gasteiger partial charge in [0.1, 0.15) is 11.4 Å². The molecule has 10 nitrogen and oxygen atoms in total. The van der Waals surface area contributed by atoms with Crippen LogP contribution in [0.4, 0.5) is 5.69 Å². The number of aryl methyl sites for hydroxylation is 1. The van der Waals surface area contributed by atoms with Crippen molar-refractivity contribution in [2.24, 2.45) is 17.8 Å². The molecular weight excluding hydrogens is 724 g/mol. The molecule has 1 saturated carbocycles. The van der Waals surface area contributed by atoms with E-state index in [4.69, 9.17) is 25.8 Å². The number of allylic oxidation sites excluding steroid dienone is 1. The van der Waals surface area contributed by atoms with Crippen molar-refractivity contribution in [1.82, 2.24) is 14.5 Å². The summed E-state index contributed by atoms with van der Waals surface area (Å²) in [6, 6.07) is 11.7. The smallest absolute Gasteiger partial charge is 0.264 e. The van der Waals surface area contributed by atoms with Gasteiger partial charge in [-0.2, -0.15) is 0 Å². The van der Waals surface area contributed by atoms with Crippen molar-refractivity contribution >= 4 is 33.2 Å². The van der Waals surface area contributed by atoms with E-state index in [1.807, 2.05) is 25.1 Å². The number of methoxy groups -OCH3 is 1. The monoisotopic (exact) mass is 782 g/mol. The van der Waals surface area contributed by atoms with Crippen LogP contribution < -0.4 is 14.4 Å². The number of amides is 1. The molecule has 1 amide bonds. The van der Waals surface area contributed by atoms with E-state index in [1.54, 1.807) is 20.1 Å². The Hall–Kier alpha value is -2.67. The number of halogens is 1. The zero-order valence-corrected chi connectivity index (χ0v) is 34.1. The largest absolute Gasteiger partial charge is 0.490 e. The first-order valence-corrected chi connectivity index (χ1v) is 22.0. The van der Waals surface area contributed by atoms with Gasteiger partial charge in [-0.1, -0.05) is 36.7 Å². The number of sulfonamides is 1. The number of piperazine rings is 1. The van der Waals surface area contributed by atoms with Gasteiger partial charge < -0.3 is 19.1 Å². The summed E-state index contributed by atoms with van der Waals surface area (Å²) in [4.78, 5) is 21.2. The number of nitrogens with one attached hydrogen (secondary N) is 1. The highest BCUT2D eigenvalue weighted by Crippen LogP contribution is 2.49. The molecule has 2 aromatic rings. The average molecular weight is 783 g/mol. The van der Waals surface area contributed by atoms with Gasteiger partial charge in [0.05, 0.1) is 24.2 Å². The molecule has 5 aliphatic rings. The molecule has 1 saturated heterocycles. The molecule has 1 N–H and O–H groups in total. The molecule has 3 aliphatic heterocycles. The lowest BCUT2D eigenvalue weighted by molar-refractivity contribution is -0.112. The second-order valence-electron chi connectivity index (χ2n) is 16.5. The molecule has 1 spiro atoms. The molecule has 2 aromatic carbocycles. The normalized spacial score (nSPS) is 32.4. The van der Waals surface area contributed by atoms with Gasteiger partial charge in [0, 0.05) is 82.1 Å². The van der Waals surface area contributed by atoms with Gasteiger partial charge in [0.2, 0.25) is 10.0 Å². The topological polar surface area (TPSA) is 101 Å². The third-order valence-corrected chi connectivity index (χ3v) is 15.3. The van der Waals surface area contributed by atoms with Crippen molar-refractivity contribution in [1.29, 1.82) is 0 Å². The number of hydrogen-bond acceptors (Lipinski definition) is 9. The first-order chi connectivity index (χ1) is 26.0. The van der Waals surface area contributed by atoms with E-state index >= 15 is 0 Å². The summed E-state index contributed by atoms with van der Waals surface area (Å²) in [6.07, 6.45) is 10.1. The first-order valence-electron chi connectivity index (χ1n) is 20.1. The molecular formula is C42H59ClN4O6S. The Bertz CT molecular complexity index is 1800. The Morgan fingerprint density at radius 1 is 1.06 bits per heavy atom. The van der Waals surface area contributed by atoms with Gasteiger partial charge >= 0.3 is 0 Å². The maximum absolute atomic E-state index is 13.7. The van der Waals surface area contributed by atoms with Crippen molar-refractivity contribution in [3.8, 4) is 5.75 Å². The van der Waals surface area contributed by atoms with E-state index in [9.17, 15) is 13.2 Å². The SMILES string of the molecule is CCO[C@]1(CN2CCN(CCOC)CC2)/C=C\C[C@H](C)[C@@H](C)S(=O)(=O)NC(=O)c2ccc3c(c2)N(C[C@@H]2CC[C@H]21)C[C@@]1(CCCc2cc(Cl)ccc21)CO3. The average Bonchev–Trinajstić information content (AvgIpc) is 3.28. The molecule has 2 bridgehead atoms. The number of anilines is 1. The highest BCUT2D eigenvalue weighted by atomic mass is 35.5. The van der Waals surface area contributed by atoms with E-state index in [-0.39, 0.29) is 17.3 Å². The highest BCUT2D eigenvalue weighted by molar-refractivity contribution is 7.90. The summed E-state index contributed by atoms with van der Waals surface area (Å²) in [6.45, 7) is 14.7. The summed E-state index contributed by atoms with van der Waals surface area (Å²) in [5.74, 6) is 0.476. The molecule has 2 fully saturated rings. The quantitative estimate of drug-likeness (QED) is 0.343. The fourth-order valence-corrected chi connectivity index (χ4v) is 11.2. The van der Waals surface area contributed by atoms with Crippen LogP contribution in [-0.2, 0) is 31.3 Å². The third-order valence-electron chi connectivity index (χ3n) is 13.2. The van der Waals surface area contributed by atoms with Crippen molar-refractivity contribution in [3.05, 3.63) is 70.3 Å². The van der Waals surface area contributed by atoms with Crippen LogP contribution in [-0.4, -0.2) is 114 Å². The van der Waals surface area contributed by atoms with Crippen molar-refractivity contribution in [3.63, 3.8) is 0 Å². The number of ether oxygens (including phenoxy) is 3. The molecule has 12 heteroatoms. The van der Waals surface area contributed by atoms with Crippen LogP contribution in [0.15, 0.2) is 48.6 Å². The lowest BCUT2D eigenvalue weighted by Crippen LogP contribution is -2.59. The standard InChI is InChI=1S/C42H59ClN4O6S/c1-5-53-42(28-46-20-18-45(19-21-46)22-23-51-4)17-6-8-30(2)31(3)54(49,50)44-40(48)33-11-15-39-38(25-33)47(26-34-10-13-37(34)42)27-41(29-52-39)16-7-9-32-24-35(43)12-14-36(32)41/h6,11-12,14-15,17,24-25,30-31,34,37H,5,7-10,13,16,18-23,26-29H2,1-4H3,(H,44,48)/b17-6-/t30-,31+,34-,37+,41-,42-/m0/s1. The van der Waals surface area contributed by atoms with Crippen LogP contribution in [0.5, 0.6) is 5.75 Å². The maximum atomic E-state index is 13.7. The summed E-state index contributed by atoms with van der Waals surface area (Å²) in [5, 5.41) is -0.0329. The lowest BCUT2D eigenvalue weighted by atomic mass is 9.63. The van der Waals surface area contributed by atoms with Crippen molar-refractivity contribution in [2.45, 2.75) is 75.6 Å². The van der Waals surface area contributed by atoms with Gasteiger partial charge in [0.25, 0.3) is 5.91 Å². The highest BCUT2D eigenvalue weighted by Gasteiger charge is 2.50. The number of nitrogens with zero attached hydrogens (tertiary/aromatic N) is 3. The van der Waals surface area contributed by atoms with Crippen LogP contribution >= 0.6 is 11.6 Å². The second kappa shape index (κ2) is 16.4. The Morgan fingerprint density at radius 3 is 2.59 bits per heavy atom. The minimum absolute atomic E-state index is 0.222. The third kappa shape index (κ3) is 8.09. The zero-order chi connectivity index (χ0) is 38.1. The van der Waals surface area contributed by atoms with Gasteiger partial charge in [-0.3, -0.25) is 14.6 Å². The van der Waals surface area contributed by atoms with Crippen LogP contribution in [0, 0.1) is 17.8 Å². The minimum atomic E-state index is -3.96. The Balaban J connectivity index is 1.28. The minimum Gasteiger partial charge on any atom is -0.490 e. The summed E-state index contributed by atoms with van der Waals surface area (Å²) < 4.78 is 48.8. The van der Waals surface area contributed by atoms with E-state index in [0.29, 0.717) is 36.9 Å². The Labute approximate surface area is 327 Å². The molecule has 0 unspecified atom stereocenters. The molecule has 54 heavy (non-hydrogen) atoms. The van der Waals surface area contributed by atoms with E-state index in [0.717, 1.165) is 102 Å². The van der Waals surface area contributed by atoms with Crippen molar-refractivity contribution in [2.75, 3.05) is 84.2 Å². The van der Waals surface area contributed by atoms with Crippen LogP contribution in [0.1, 0.15) is 74.4 Å². The van der Waals surface area contributed by atoms with E-state index in [1.165, 1.54) is 11.1 Å². The predicted octanol–water partition coefficient (Wildman–Crippen LogP) is 5.92. The van der Waals surface area contributed by atoms with Gasteiger partial charge in [-0.15, -0.1) is 0 Å². The molecule has 7 rings (SSSR count). The number of carbonyl (C=O) groups is 1. The number of hydrogen-bond donors (Lipinski definition) is 1. The van der Waals surface area contributed by atoms with Gasteiger partial charge in [-0.25, -0.2) is 13.1 Å². The molecule has 6 atom stereocenters. The molecule has 0 radical (unpaired) electrons. The Kier molecular flexibility index (Phi) is 12.0.